The predicted molar refractivity (Wildman–Crippen MR) is 74.3 cm³/mol. The molecule has 0 aliphatic heterocycles. The molecule has 1 aromatic carbocycles. The van der Waals surface area contributed by atoms with Crippen LogP contribution in [0.1, 0.15) is 31.2 Å². The van der Waals surface area contributed by atoms with E-state index < -0.39 is 15.8 Å². The lowest BCUT2D eigenvalue weighted by Crippen LogP contribution is -2.38. The molecule has 1 aromatic rings. The third kappa shape index (κ3) is 3.79. The molecule has 1 aliphatic carbocycles. The first-order chi connectivity index (χ1) is 9.96. The van der Waals surface area contributed by atoms with Gasteiger partial charge in [-0.15, -0.1) is 0 Å². The Kier molecular flexibility index (Phi) is 4.93. The molecule has 0 saturated heterocycles. The Morgan fingerprint density at radius 2 is 2.00 bits per heavy atom. The first-order valence-electron chi connectivity index (χ1n) is 6.79. The van der Waals surface area contributed by atoms with E-state index in [0.29, 0.717) is 12.8 Å². The minimum absolute atomic E-state index is 0.107. The van der Waals surface area contributed by atoms with Crippen molar-refractivity contribution in [3.05, 3.63) is 29.6 Å². The third-order valence-electron chi connectivity index (χ3n) is 3.80. The van der Waals surface area contributed by atoms with Gasteiger partial charge in [0, 0.05) is 12.6 Å². The summed E-state index contributed by atoms with van der Waals surface area (Å²) in [5, 5.41) is 17.8. The molecule has 114 valence electrons. The number of rotatable bonds is 4. The highest BCUT2D eigenvalue weighted by molar-refractivity contribution is 7.89. The zero-order valence-corrected chi connectivity index (χ0v) is 12.2. The third-order valence-corrected chi connectivity index (χ3v) is 5.31. The molecular formula is C14H17FN2O3S. The van der Waals surface area contributed by atoms with Gasteiger partial charge in [-0.1, -0.05) is 0 Å². The second-order valence-corrected chi connectivity index (χ2v) is 6.99. The first-order valence-corrected chi connectivity index (χ1v) is 8.27. The van der Waals surface area contributed by atoms with Crippen LogP contribution < -0.4 is 4.72 Å². The van der Waals surface area contributed by atoms with Crippen LogP contribution in [0.4, 0.5) is 4.39 Å². The molecule has 1 saturated carbocycles. The monoisotopic (exact) mass is 312 g/mol. The molecule has 0 atom stereocenters. The van der Waals surface area contributed by atoms with Crippen LogP contribution in [0, 0.1) is 23.1 Å². The number of nitrogens with one attached hydrogen (secondary N) is 1. The van der Waals surface area contributed by atoms with E-state index in [1.807, 2.05) is 0 Å². The van der Waals surface area contributed by atoms with Crippen LogP contribution >= 0.6 is 0 Å². The Morgan fingerprint density at radius 1 is 1.33 bits per heavy atom. The number of aliphatic hydroxyl groups is 1. The minimum atomic E-state index is -3.76. The number of hydrogen-bond donors (Lipinski definition) is 2. The van der Waals surface area contributed by atoms with Crippen LogP contribution in [0.25, 0.3) is 0 Å². The van der Waals surface area contributed by atoms with Crippen LogP contribution in [0.2, 0.25) is 0 Å². The van der Waals surface area contributed by atoms with Crippen molar-refractivity contribution in [2.24, 2.45) is 5.92 Å². The van der Waals surface area contributed by atoms with Gasteiger partial charge in [-0.3, -0.25) is 0 Å². The van der Waals surface area contributed by atoms with Gasteiger partial charge in [0.2, 0.25) is 10.0 Å². The maximum Gasteiger partial charge on any atom is 0.240 e. The van der Waals surface area contributed by atoms with Gasteiger partial charge in [-0.2, -0.15) is 5.26 Å². The topological polar surface area (TPSA) is 90.2 Å². The fourth-order valence-electron chi connectivity index (χ4n) is 2.51. The maximum atomic E-state index is 13.2. The lowest BCUT2D eigenvalue weighted by Gasteiger charge is -2.27. The van der Waals surface area contributed by atoms with E-state index >= 15 is 0 Å². The van der Waals surface area contributed by atoms with Crippen molar-refractivity contribution in [1.82, 2.24) is 4.72 Å². The number of hydrogen-bond acceptors (Lipinski definition) is 4. The Morgan fingerprint density at radius 3 is 2.57 bits per heavy atom. The first kappa shape index (κ1) is 15.9. The van der Waals surface area contributed by atoms with Crippen LogP contribution in [-0.2, 0) is 10.0 Å². The fraction of sp³-hybridized carbons (Fsp3) is 0.500. The fourth-order valence-corrected chi connectivity index (χ4v) is 3.84. The molecule has 0 amide bonds. The molecule has 2 rings (SSSR count). The highest BCUT2D eigenvalue weighted by atomic mass is 32.2. The summed E-state index contributed by atoms with van der Waals surface area (Å²) in [6.07, 6.45) is 2.88. The molecule has 7 heteroatoms. The molecule has 0 spiro atoms. The van der Waals surface area contributed by atoms with Gasteiger partial charge < -0.3 is 5.11 Å². The molecule has 2 N–H and O–H groups in total. The molecule has 0 unspecified atom stereocenters. The molecule has 5 nitrogen and oxygen atoms in total. The lowest BCUT2D eigenvalue weighted by atomic mass is 9.87. The van der Waals surface area contributed by atoms with Crippen molar-refractivity contribution >= 4 is 10.0 Å². The zero-order valence-electron chi connectivity index (χ0n) is 11.4. The van der Waals surface area contributed by atoms with Crippen molar-refractivity contribution < 1.29 is 17.9 Å². The van der Waals surface area contributed by atoms with E-state index in [4.69, 9.17) is 10.4 Å². The van der Waals surface area contributed by atoms with Crippen molar-refractivity contribution in [1.29, 1.82) is 5.26 Å². The predicted octanol–water partition coefficient (Wildman–Crippen LogP) is 1.53. The number of benzene rings is 1. The summed E-state index contributed by atoms with van der Waals surface area (Å²) in [5.74, 6) is -0.498. The van der Waals surface area contributed by atoms with Gasteiger partial charge >= 0.3 is 0 Å². The number of halogens is 1. The van der Waals surface area contributed by atoms with Gasteiger partial charge in [0.25, 0.3) is 0 Å². The van der Waals surface area contributed by atoms with Crippen molar-refractivity contribution in [3.63, 3.8) is 0 Å². The molecular weight excluding hydrogens is 295 g/mol. The second kappa shape index (κ2) is 6.52. The summed E-state index contributed by atoms with van der Waals surface area (Å²) < 4.78 is 40.3. The standard InChI is InChI=1S/C14H17FN2O3S/c15-14-6-5-13(7-11(14)8-16)21(19,20)17-12-3-1-10(9-18)2-4-12/h5-7,10,12,17-18H,1-4,9H2. The minimum Gasteiger partial charge on any atom is -0.396 e. The number of sulfonamides is 1. The lowest BCUT2D eigenvalue weighted by molar-refractivity contribution is 0.180. The number of nitriles is 1. The average Bonchev–Trinajstić information content (AvgIpc) is 2.48. The van der Waals surface area contributed by atoms with Crippen LogP contribution in [0.3, 0.4) is 0 Å². The molecule has 1 aliphatic rings. The van der Waals surface area contributed by atoms with Gasteiger partial charge in [0.15, 0.2) is 0 Å². The molecule has 0 heterocycles. The molecule has 0 bridgehead atoms. The molecule has 1 fully saturated rings. The van der Waals surface area contributed by atoms with E-state index in [-0.39, 0.29) is 29.0 Å². The number of aliphatic hydroxyl groups excluding tert-OH is 1. The van der Waals surface area contributed by atoms with Gasteiger partial charge in [0.1, 0.15) is 11.9 Å². The Labute approximate surface area is 123 Å². The van der Waals surface area contributed by atoms with E-state index in [2.05, 4.69) is 4.72 Å². The maximum absolute atomic E-state index is 13.2. The van der Waals surface area contributed by atoms with Crippen LogP contribution in [-0.4, -0.2) is 26.2 Å². The molecule has 21 heavy (non-hydrogen) atoms. The van der Waals surface area contributed by atoms with Crippen molar-refractivity contribution in [2.75, 3.05) is 6.61 Å². The average molecular weight is 312 g/mol. The largest absolute Gasteiger partial charge is 0.396 e. The molecule has 0 aromatic heterocycles. The highest BCUT2D eigenvalue weighted by Crippen LogP contribution is 2.25. The summed E-state index contributed by atoms with van der Waals surface area (Å²) in [5.41, 5.74) is -0.290. The Hall–Kier alpha value is -1.49. The summed E-state index contributed by atoms with van der Waals surface area (Å²) in [6.45, 7) is 0.128. The highest BCUT2D eigenvalue weighted by Gasteiger charge is 2.25. The summed E-state index contributed by atoms with van der Waals surface area (Å²) >= 11 is 0. The van der Waals surface area contributed by atoms with Crippen LogP contribution in [0.5, 0.6) is 0 Å². The van der Waals surface area contributed by atoms with Crippen LogP contribution in [0.15, 0.2) is 23.1 Å². The van der Waals surface area contributed by atoms with E-state index in [1.165, 1.54) is 0 Å². The quantitative estimate of drug-likeness (QED) is 0.882. The summed E-state index contributed by atoms with van der Waals surface area (Å²) in [4.78, 5) is -0.107. The Balaban J connectivity index is 2.11. The molecule has 0 radical (unpaired) electrons. The number of nitrogens with zero attached hydrogens (tertiary/aromatic N) is 1. The Bertz CT molecular complexity index is 647. The van der Waals surface area contributed by atoms with Gasteiger partial charge in [-0.05, 0) is 49.8 Å². The smallest absolute Gasteiger partial charge is 0.240 e. The van der Waals surface area contributed by atoms with E-state index in [9.17, 15) is 12.8 Å². The second-order valence-electron chi connectivity index (χ2n) is 5.27. The van der Waals surface area contributed by atoms with Gasteiger partial charge in [0.05, 0.1) is 10.5 Å². The normalized spacial score (nSPS) is 22.7. The van der Waals surface area contributed by atoms with Crippen molar-refractivity contribution in [2.45, 2.75) is 36.6 Å². The van der Waals surface area contributed by atoms with Crippen molar-refractivity contribution in [3.8, 4) is 6.07 Å². The summed E-state index contributed by atoms with van der Waals surface area (Å²) in [7, 11) is -3.76. The van der Waals surface area contributed by atoms with E-state index in [1.54, 1.807) is 6.07 Å². The zero-order chi connectivity index (χ0) is 15.5. The summed E-state index contributed by atoms with van der Waals surface area (Å²) in [6, 6.07) is 4.61. The van der Waals surface area contributed by atoms with E-state index in [0.717, 1.165) is 31.0 Å². The SMILES string of the molecule is N#Cc1cc(S(=O)(=O)NC2CCC(CO)CC2)ccc1F. The van der Waals surface area contributed by atoms with Gasteiger partial charge in [-0.25, -0.2) is 17.5 Å².